The number of hydrogen-bond acceptors (Lipinski definition) is 6. The monoisotopic (exact) mass is 394 g/mol. The number of fused-ring (bicyclic) bond motifs is 1. The minimum atomic E-state index is -0.417. The first-order valence-electron chi connectivity index (χ1n) is 10.6. The molecule has 1 spiro atoms. The second-order valence-electron chi connectivity index (χ2n) is 8.56. The summed E-state index contributed by atoms with van der Waals surface area (Å²) in [5.74, 6) is -0.158. The fourth-order valence-electron chi connectivity index (χ4n) is 4.97. The smallest absolute Gasteiger partial charge is 0.312 e. The van der Waals surface area contributed by atoms with Crippen molar-refractivity contribution in [2.75, 3.05) is 32.7 Å². The number of rotatable bonds is 3. The van der Waals surface area contributed by atoms with E-state index in [-0.39, 0.29) is 18.0 Å². The number of hydrogen-bond donors (Lipinski definition) is 0. The van der Waals surface area contributed by atoms with Crippen LogP contribution in [-0.2, 0) is 9.53 Å². The van der Waals surface area contributed by atoms with Crippen LogP contribution in [0.2, 0.25) is 0 Å². The fraction of sp³-hybridized carbons (Fsp3) is 0.545. The molecule has 3 saturated heterocycles. The van der Waals surface area contributed by atoms with Gasteiger partial charge in [0.15, 0.2) is 5.65 Å². The van der Waals surface area contributed by atoms with Crippen molar-refractivity contribution in [2.45, 2.75) is 38.2 Å². The minimum absolute atomic E-state index is 0.00363. The Hall–Kier alpha value is -2.54. The third kappa shape index (κ3) is 3.48. The first kappa shape index (κ1) is 18.5. The first-order chi connectivity index (χ1) is 14.1. The molecule has 3 fully saturated rings. The third-order valence-corrected chi connectivity index (χ3v) is 6.68. The van der Waals surface area contributed by atoms with Gasteiger partial charge >= 0.3 is 5.97 Å². The summed E-state index contributed by atoms with van der Waals surface area (Å²) >= 11 is 0. The van der Waals surface area contributed by atoms with Crippen LogP contribution in [0.15, 0.2) is 30.5 Å². The summed E-state index contributed by atoms with van der Waals surface area (Å²) in [7, 11) is 0. The quantitative estimate of drug-likeness (QED) is 0.744. The van der Waals surface area contributed by atoms with E-state index in [0.717, 1.165) is 31.4 Å². The number of piperidine rings is 1. The number of nitrogens with zero attached hydrogens (tertiary/aromatic N) is 4. The Labute approximate surface area is 170 Å². The van der Waals surface area contributed by atoms with Crippen molar-refractivity contribution in [1.29, 1.82) is 0 Å². The van der Waals surface area contributed by atoms with Crippen LogP contribution in [0.4, 0.5) is 0 Å². The van der Waals surface area contributed by atoms with Crippen molar-refractivity contribution in [3.05, 3.63) is 36.2 Å². The Morgan fingerprint density at radius 1 is 1.14 bits per heavy atom. The molecule has 3 aliphatic rings. The standard InChI is InChI=1S/C22H26N4O3/c27-20(18-6-5-16-4-3-9-23-19(16)24-18)26-12-7-22(8-13-26)14-17(29-21(22)28)15-25-10-1-2-11-25/h3-6,9,17H,1-2,7-8,10-15H2. The zero-order valence-electron chi connectivity index (χ0n) is 16.5. The van der Waals surface area contributed by atoms with Crippen molar-refractivity contribution in [2.24, 2.45) is 5.41 Å². The van der Waals surface area contributed by atoms with E-state index >= 15 is 0 Å². The number of carbonyl (C=O) groups is 2. The lowest BCUT2D eigenvalue weighted by atomic mass is 9.76. The highest BCUT2D eigenvalue weighted by Gasteiger charge is 2.51. The maximum atomic E-state index is 12.9. The highest BCUT2D eigenvalue weighted by atomic mass is 16.6. The van der Waals surface area contributed by atoms with Crippen LogP contribution in [0, 0.1) is 5.41 Å². The van der Waals surface area contributed by atoms with E-state index in [0.29, 0.717) is 37.3 Å². The number of aromatic nitrogens is 2. The molecule has 0 aliphatic carbocycles. The maximum absolute atomic E-state index is 12.9. The molecule has 0 N–H and O–H groups in total. The second kappa shape index (κ2) is 7.37. The number of ether oxygens (including phenoxy) is 1. The van der Waals surface area contributed by atoms with Crippen LogP contribution in [0.1, 0.15) is 42.6 Å². The molecule has 0 bridgehead atoms. The fourth-order valence-corrected chi connectivity index (χ4v) is 4.97. The van der Waals surface area contributed by atoms with Crippen LogP contribution in [0.3, 0.4) is 0 Å². The average Bonchev–Trinajstić information content (AvgIpc) is 3.36. The Morgan fingerprint density at radius 3 is 2.72 bits per heavy atom. The molecule has 7 nitrogen and oxygen atoms in total. The predicted molar refractivity (Wildman–Crippen MR) is 107 cm³/mol. The van der Waals surface area contributed by atoms with E-state index in [4.69, 9.17) is 4.74 Å². The summed E-state index contributed by atoms with van der Waals surface area (Å²) in [5.41, 5.74) is 0.573. The molecule has 7 heteroatoms. The first-order valence-corrected chi connectivity index (χ1v) is 10.6. The lowest BCUT2D eigenvalue weighted by Crippen LogP contribution is -2.45. The van der Waals surface area contributed by atoms with Gasteiger partial charge in [-0.05, 0) is 63.0 Å². The van der Waals surface area contributed by atoms with E-state index < -0.39 is 5.41 Å². The lowest BCUT2D eigenvalue weighted by molar-refractivity contribution is -0.150. The van der Waals surface area contributed by atoms with Gasteiger partial charge in [-0.2, -0.15) is 0 Å². The Bertz CT molecular complexity index is 933. The summed E-state index contributed by atoms with van der Waals surface area (Å²) in [4.78, 5) is 38.5. The average molecular weight is 394 g/mol. The van der Waals surface area contributed by atoms with Gasteiger partial charge in [-0.3, -0.25) is 14.5 Å². The van der Waals surface area contributed by atoms with Gasteiger partial charge in [-0.1, -0.05) is 0 Å². The number of cyclic esters (lactones) is 1. The Kier molecular flexibility index (Phi) is 4.70. The van der Waals surface area contributed by atoms with E-state index in [2.05, 4.69) is 14.9 Å². The van der Waals surface area contributed by atoms with E-state index in [1.807, 2.05) is 23.1 Å². The number of amides is 1. The normalized spacial score (nSPS) is 24.3. The number of pyridine rings is 2. The van der Waals surface area contributed by atoms with Crippen molar-refractivity contribution >= 4 is 22.9 Å². The van der Waals surface area contributed by atoms with Crippen molar-refractivity contribution < 1.29 is 14.3 Å². The molecule has 0 saturated carbocycles. The molecule has 0 aromatic carbocycles. The van der Waals surface area contributed by atoms with E-state index in [1.54, 1.807) is 12.3 Å². The van der Waals surface area contributed by atoms with Crippen LogP contribution >= 0.6 is 0 Å². The molecule has 1 atom stereocenters. The van der Waals surface area contributed by atoms with Gasteiger partial charge in [-0.25, -0.2) is 9.97 Å². The van der Waals surface area contributed by atoms with Gasteiger partial charge in [-0.15, -0.1) is 0 Å². The molecule has 2 aromatic heterocycles. The van der Waals surface area contributed by atoms with Crippen LogP contribution in [-0.4, -0.2) is 70.5 Å². The Balaban J connectivity index is 1.23. The molecule has 2 aromatic rings. The summed E-state index contributed by atoms with van der Waals surface area (Å²) in [6.45, 7) is 4.19. The molecule has 5 rings (SSSR count). The van der Waals surface area contributed by atoms with E-state index in [1.165, 1.54) is 12.8 Å². The molecule has 0 radical (unpaired) electrons. The minimum Gasteiger partial charge on any atom is -0.461 e. The molecule has 5 heterocycles. The van der Waals surface area contributed by atoms with Gasteiger partial charge in [0.2, 0.25) is 0 Å². The molecule has 1 unspecified atom stereocenters. The zero-order chi connectivity index (χ0) is 19.8. The molecular weight excluding hydrogens is 368 g/mol. The van der Waals surface area contributed by atoms with Gasteiger partial charge in [0.1, 0.15) is 11.8 Å². The van der Waals surface area contributed by atoms with Crippen molar-refractivity contribution in [3.63, 3.8) is 0 Å². The number of carbonyl (C=O) groups excluding carboxylic acids is 2. The van der Waals surface area contributed by atoms with Gasteiger partial charge in [0.05, 0.1) is 5.41 Å². The SMILES string of the molecule is O=C(c1ccc2cccnc2n1)N1CCC2(CC1)CC(CN1CCCC1)OC2=O. The highest BCUT2D eigenvalue weighted by molar-refractivity contribution is 5.94. The van der Waals surface area contributed by atoms with Crippen molar-refractivity contribution in [1.82, 2.24) is 19.8 Å². The van der Waals surface area contributed by atoms with Gasteiger partial charge in [0.25, 0.3) is 5.91 Å². The largest absolute Gasteiger partial charge is 0.461 e. The molecule has 1 amide bonds. The lowest BCUT2D eigenvalue weighted by Gasteiger charge is -2.36. The van der Waals surface area contributed by atoms with Gasteiger partial charge in [0, 0.05) is 37.6 Å². The van der Waals surface area contributed by atoms with Crippen LogP contribution in [0.5, 0.6) is 0 Å². The van der Waals surface area contributed by atoms with Crippen LogP contribution < -0.4 is 0 Å². The predicted octanol–water partition coefficient (Wildman–Crippen LogP) is 2.26. The molecule has 152 valence electrons. The third-order valence-electron chi connectivity index (χ3n) is 6.68. The van der Waals surface area contributed by atoms with E-state index in [9.17, 15) is 9.59 Å². The summed E-state index contributed by atoms with van der Waals surface area (Å²) in [6, 6.07) is 7.42. The molecule has 29 heavy (non-hydrogen) atoms. The summed E-state index contributed by atoms with van der Waals surface area (Å²) in [5, 5.41) is 0.916. The second-order valence-corrected chi connectivity index (χ2v) is 8.56. The Morgan fingerprint density at radius 2 is 1.93 bits per heavy atom. The maximum Gasteiger partial charge on any atom is 0.312 e. The zero-order valence-corrected chi connectivity index (χ0v) is 16.5. The number of esters is 1. The highest BCUT2D eigenvalue weighted by Crippen LogP contribution is 2.43. The van der Waals surface area contributed by atoms with Crippen molar-refractivity contribution in [3.8, 4) is 0 Å². The summed E-state index contributed by atoms with van der Waals surface area (Å²) in [6.07, 6.45) is 6.26. The summed E-state index contributed by atoms with van der Waals surface area (Å²) < 4.78 is 5.74. The number of likely N-dealkylation sites (tertiary alicyclic amines) is 2. The molecule has 3 aliphatic heterocycles. The van der Waals surface area contributed by atoms with Crippen LogP contribution in [0.25, 0.3) is 11.0 Å². The topological polar surface area (TPSA) is 75.6 Å². The molecular formula is C22H26N4O3. The van der Waals surface area contributed by atoms with Gasteiger partial charge < -0.3 is 9.64 Å².